The Morgan fingerprint density at radius 2 is 1.76 bits per heavy atom. The minimum absolute atomic E-state index is 0.222. The molecule has 0 saturated heterocycles. The highest BCUT2D eigenvalue weighted by Gasteiger charge is 2.33. The van der Waals surface area contributed by atoms with Crippen molar-refractivity contribution < 1.29 is 28.7 Å². The van der Waals surface area contributed by atoms with E-state index in [0.29, 0.717) is 0 Å². The van der Waals surface area contributed by atoms with Gasteiger partial charge in [-0.3, -0.25) is 10.1 Å². The molecule has 118 valence electrons. The molecule has 0 heterocycles. The van der Waals surface area contributed by atoms with Crippen molar-refractivity contribution in [3.8, 4) is 0 Å². The van der Waals surface area contributed by atoms with Crippen molar-refractivity contribution in [2.24, 2.45) is 0 Å². The van der Waals surface area contributed by atoms with Crippen molar-refractivity contribution in [2.75, 3.05) is 31.4 Å². The van der Waals surface area contributed by atoms with Crippen molar-refractivity contribution in [1.82, 2.24) is 0 Å². The summed E-state index contributed by atoms with van der Waals surface area (Å²) in [5.74, 6) is 0. The van der Waals surface area contributed by atoms with Gasteiger partial charge in [-0.2, -0.15) is 0 Å². The normalized spacial score (nSPS) is 12.2. The molecule has 0 bridgehead atoms. The molecule has 1 rings (SSSR count). The van der Waals surface area contributed by atoms with E-state index >= 15 is 0 Å². The third-order valence-electron chi connectivity index (χ3n) is 2.89. The highest BCUT2D eigenvalue weighted by Crippen LogP contribution is 2.33. The Bertz CT molecular complexity index is 617. The van der Waals surface area contributed by atoms with Crippen molar-refractivity contribution in [3.05, 3.63) is 28.3 Å². The second-order valence-corrected chi connectivity index (χ2v) is 6.55. The van der Waals surface area contributed by atoms with Crippen LogP contribution in [0.5, 0.6) is 0 Å². The highest BCUT2D eigenvalue weighted by atomic mass is 32.2. The molecule has 0 fully saturated rings. The van der Waals surface area contributed by atoms with Crippen LogP contribution < -0.4 is 5.32 Å². The van der Waals surface area contributed by atoms with Crippen LogP contribution in [0.4, 0.5) is 11.4 Å². The molecule has 0 aliphatic carbocycles. The summed E-state index contributed by atoms with van der Waals surface area (Å²) in [5.41, 5.74) is -2.54. The van der Waals surface area contributed by atoms with Gasteiger partial charge >= 0.3 is 5.69 Å². The maximum Gasteiger partial charge on any atom is 0.310 e. The van der Waals surface area contributed by atoms with Gasteiger partial charge in [0.1, 0.15) is 16.1 Å². The fourth-order valence-corrected chi connectivity index (χ4v) is 2.53. The van der Waals surface area contributed by atoms with Gasteiger partial charge in [0.2, 0.25) is 0 Å². The Labute approximate surface area is 120 Å². The quantitative estimate of drug-likeness (QED) is 0.374. The van der Waals surface area contributed by atoms with Gasteiger partial charge in [0.05, 0.1) is 24.7 Å². The predicted octanol–water partition coefficient (Wildman–Crippen LogP) is -0.874. The first-order valence-corrected chi connectivity index (χ1v) is 7.68. The zero-order chi connectivity index (χ0) is 16.3. The molecular weight excluding hydrogens is 304 g/mol. The van der Waals surface area contributed by atoms with E-state index in [1.807, 2.05) is 0 Å². The summed E-state index contributed by atoms with van der Waals surface area (Å²) < 4.78 is 23.2. The summed E-state index contributed by atoms with van der Waals surface area (Å²) in [7, 11) is -3.85. The number of rotatable bonds is 7. The van der Waals surface area contributed by atoms with Crippen LogP contribution in [0.25, 0.3) is 0 Å². The van der Waals surface area contributed by atoms with Crippen LogP contribution in [0.1, 0.15) is 0 Å². The largest absolute Gasteiger partial charge is 0.394 e. The summed E-state index contributed by atoms with van der Waals surface area (Å²) in [6, 6.07) is 3.59. The number of nitrogens with zero attached hydrogens (tertiary/aromatic N) is 1. The lowest BCUT2D eigenvalue weighted by Gasteiger charge is -2.29. The molecule has 0 aliphatic rings. The van der Waals surface area contributed by atoms with Crippen LogP contribution in [0.15, 0.2) is 23.1 Å². The number of nitro groups is 1. The number of hydrogen-bond acceptors (Lipinski definition) is 8. The number of para-hydroxylation sites is 1. The van der Waals surface area contributed by atoms with E-state index in [1.165, 1.54) is 12.1 Å². The maximum absolute atomic E-state index is 11.6. The lowest BCUT2D eigenvalue weighted by Crippen LogP contribution is -2.49. The first kappa shape index (κ1) is 17.3. The van der Waals surface area contributed by atoms with E-state index in [4.69, 9.17) is 0 Å². The molecule has 0 spiro atoms. The number of aliphatic hydroxyl groups is 3. The van der Waals surface area contributed by atoms with Gasteiger partial charge in [0.25, 0.3) is 0 Å². The zero-order valence-electron chi connectivity index (χ0n) is 11.2. The molecule has 0 atom stereocenters. The molecular formula is C11H16N2O7S. The SMILES string of the molecule is CS(=O)(=O)c1cccc(NC(CO)(CO)CO)c1[N+](=O)[O-]. The van der Waals surface area contributed by atoms with Crippen molar-refractivity contribution in [3.63, 3.8) is 0 Å². The van der Waals surface area contributed by atoms with E-state index in [2.05, 4.69) is 5.32 Å². The fraction of sp³-hybridized carbons (Fsp3) is 0.455. The van der Waals surface area contributed by atoms with Gasteiger partial charge in [-0.25, -0.2) is 8.42 Å². The number of benzene rings is 1. The van der Waals surface area contributed by atoms with Crippen LogP contribution >= 0.6 is 0 Å². The fourth-order valence-electron chi connectivity index (χ4n) is 1.66. The Hall–Kier alpha value is -1.75. The third-order valence-corrected chi connectivity index (χ3v) is 4.02. The van der Waals surface area contributed by atoms with Crippen molar-refractivity contribution >= 4 is 21.2 Å². The monoisotopic (exact) mass is 320 g/mol. The number of anilines is 1. The van der Waals surface area contributed by atoms with Gasteiger partial charge in [-0.1, -0.05) is 6.07 Å². The summed E-state index contributed by atoms with van der Waals surface area (Å²) in [5, 5.41) is 41.3. The van der Waals surface area contributed by atoms with E-state index in [9.17, 15) is 33.9 Å². The second-order valence-electron chi connectivity index (χ2n) is 4.56. The number of nitrogens with one attached hydrogen (secondary N) is 1. The highest BCUT2D eigenvalue weighted by molar-refractivity contribution is 7.90. The van der Waals surface area contributed by atoms with Crippen molar-refractivity contribution in [2.45, 2.75) is 10.4 Å². The van der Waals surface area contributed by atoms with Crippen LogP contribution in [0.2, 0.25) is 0 Å². The number of sulfone groups is 1. The van der Waals surface area contributed by atoms with Crippen molar-refractivity contribution in [1.29, 1.82) is 0 Å². The molecule has 21 heavy (non-hydrogen) atoms. The summed E-state index contributed by atoms with van der Waals surface area (Å²) in [6.45, 7) is -2.12. The molecule has 9 nitrogen and oxygen atoms in total. The summed E-state index contributed by atoms with van der Waals surface area (Å²) >= 11 is 0. The standard InChI is InChI=1S/C11H16N2O7S/c1-21(19,20)9-4-2-3-8(10(9)13(17)18)12-11(5-14,6-15)7-16/h2-4,12,14-16H,5-7H2,1H3. The van der Waals surface area contributed by atoms with Gasteiger partial charge in [0.15, 0.2) is 9.84 Å². The number of nitro benzene ring substituents is 1. The Kier molecular flexibility index (Phi) is 5.23. The van der Waals surface area contributed by atoms with E-state index in [0.717, 1.165) is 12.3 Å². The van der Waals surface area contributed by atoms with Crippen LogP contribution in [-0.4, -0.2) is 60.3 Å². The molecule has 1 aromatic carbocycles. The maximum atomic E-state index is 11.6. The minimum Gasteiger partial charge on any atom is -0.394 e. The van der Waals surface area contributed by atoms with Gasteiger partial charge < -0.3 is 20.6 Å². The smallest absolute Gasteiger partial charge is 0.310 e. The first-order chi connectivity index (χ1) is 9.70. The van der Waals surface area contributed by atoms with Gasteiger partial charge in [-0.05, 0) is 12.1 Å². The van der Waals surface area contributed by atoms with E-state index in [1.54, 1.807) is 0 Å². The molecule has 1 aromatic rings. The Morgan fingerprint density at radius 3 is 2.14 bits per heavy atom. The molecule has 0 saturated carbocycles. The molecule has 0 unspecified atom stereocenters. The average Bonchev–Trinajstić information content (AvgIpc) is 2.43. The van der Waals surface area contributed by atoms with Crippen LogP contribution in [0.3, 0.4) is 0 Å². The average molecular weight is 320 g/mol. The van der Waals surface area contributed by atoms with Crippen LogP contribution in [0, 0.1) is 10.1 Å². The topological polar surface area (TPSA) is 150 Å². The molecule has 0 radical (unpaired) electrons. The lowest BCUT2D eigenvalue weighted by molar-refractivity contribution is -0.386. The Balaban J connectivity index is 3.48. The molecule has 0 amide bonds. The number of aliphatic hydroxyl groups excluding tert-OH is 3. The van der Waals surface area contributed by atoms with Gasteiger partial charge in [0, 0.05) is 6.26 Å². The zero-order valence-corrected chi connectivity index (χ0v) is 12.0. The Morgan fingerprint density at radius 1 is 1.24 bits per heavy atom. The van der Waals surface area contributed by atoms with Gasteiger partial charge in [-0.15, -0.1) is 0 Å². The summed E-state index contributed by atoms with van der Waals surface area (Å²) in [6.07, 6.45) is 0.830. The predicted molar refractivity (Wildman–Crippen MR) is 73.8 cm³/mol. The molecule has 10 heteroatoms. The molecule has 0 aromatic heterocycles. The number of hydrogen-bond donors (Lipinski definition) is 4. The van der Waals surface area contributed by atoms with Crippen LogP contribution in [-0.2, 0) is 9.84 Å². The third kappa shape index (κ3) is 3.67. The second kappa shape index (κ2) is 6.35. The summed E-state index contributed by atoms with van der Waals surface area (Å²) in [4.78, 5) is 9.77. The molecule has 0 aliphatic heterocycles. The molecule has 4 N–H and O–H groups in total. The minimum atomic E-state index is -3.85. The van der Waals surface area contributed by atoms with E-state index < -0.39 is 50.7 Å². The van der Waals surface area contributed by atoms with E-state index in [-0.39, 0.29) is 5.69 Å². The lowest BCUT2D eigenvalue weighted by atomic mass is 10.0. The first-order valence-electron chi connectivity index (χ1n) is 5.79.